The fourth-order valence-corrected chi connectivity index (χ4v) is 3.03. The van der Waals surface area contributed by atoms with Crippen LogP contribution in [-0.4, -0.2) is 20.9 Å². The summed E-state index contributed by atoms with van der Waals surface area (Å²) in [6, 6.07) is 11.7. The predicted molar refractivity (Wildman–Crippen MR) is 111 cm³/mol. The third-order valence-electron chi connectivity index (χ3n) is 4.52. The summed E-state index contributed by atoms with van der Waals surface area (Å²) in [5.74, 6) is 0.203. The Bertz CT molecular complexity index is 934. The highest BCUT2D eigenvalue weighted by Crippen LogP contribution is 2.23. The lowest BCUT2D eigenvalue weighted by Gasteiger charge is -2.14. The Labute approximate surface area is 165 Å². The number of hydrogen-bond acceptors (Lipinski definition) is 5. The van der Waals surface area contributed by atoms with Gasteiger partial charge in [-0.25, -0.2) is 9.97 Å². The van der Waals surface area contributed by atoms with Gasteiger partial charge in [0.15, 0.2) is 0 Å². The summed E-state index contributed by atoms with van der Waals surface area (Å²) in [5, 5.41) is 6.24. The molecule has 0 saturated carbocycles. The van der Waals surface area contributed by atoms with Crippen molar-refractivity contribution in [2.24, 2.45) is 0 Å². The highest BCUT2D eigenvalue weighted by Gasteiger charge is 2.14. The molecule has 0 spiro atoms. The molecule has 2 aromatic heterocycles. The molecule has 28 heavy (non-hydrogen) atoms. The van der Waals surface area contributed by atoms with Crippen molar-refractivity contribution in [2.45, 2.75) is 40.2 Å². The van der Waals surface area contributed by atoms with E-state index in [2.05, 4.69) is 39.4 Å². The molecular formula is C22H25N5O. The second-order valence-corrected chi connectivity index (χ2v) is 6.54. The Balaban J connectivity index is 1.80. The molecule has 0 atom stereocenters. The molecule has 0 bridgehead atoms. The third kappa shape index (κ3) is 4.71. The first kappa shape index (κ1) is 19.5. The molecule has 6 nitrogen and oxygen atoms in total. The molecule has 0 aliphatic carbocycles. The zero-order valence-electron chi connectivity index (χ0n) is 16.5. The Morgan fingerprint density at radius 1 is 1.00 bits per heavy atom. The number of aromatic nitrogens is 3. The number of amides is 1. The van der Waals surface area contributed by atoms with Crippen LogP contribution in [0, 0.1) is 6.92 Å². The maximum atomic E-state index is 12.9. The first-order valence-corrected chi connectivity index (χ1v) is 9.51. The maximum absolute atomic E-state index is 12.9. The average molecular weight is 375 g/mol. The molecular weight excluding hydrogens is 350 g/mol. The molecule has 2 N–H and O–H groups in total. The monoisotopic (exact) mass is 375 g/mol. The number of para-hydroxylation sites is 1. The van der Waals surface area contributed by atoms with Crippen LogP contribution in [0.2, 0.25) is 0 Å². The third-order valence-corrected chi connectivity index (χ3v) is 4.52. The molecule has 6 heteroatoms. The molecule has 0 fully saturated rings. The SMILES string of the molecule is CCc1cccc(CC)c1NC(=O)c1cc(C)nc(NCc2ccncc2)n1. The van der Waals surface area contributed by atoms with Crippen molar-refractivity contribution < 1.29 is 4.79 Å². The van der Waals surface area contributed by atoms with Crippen LogP contribution in [-0.2, 0) is 19.4 Å². The van der Waals surface area contributed by atoms with Gasteiger partial charge in [-0.1, -0.05) is 32.0 Å². The summed E-state index contributed by atoms with van der Waals surface area (Å²) in [6.45, 7) is 6.58. The first-order chi connectivity index (χ1) is 13.6. The van der Waals surface area contributed by atoms with E-state index < -0.39 is 0 Å². The molecule has 1 aromatic carbocycles. The van der Waals surface area contributed by atoms with Gasteiger partial charge >= 0.3 is 0 Å². The molecule has 0 aliphatic heterocycles. The Kier molecular flexibility index (Phi) is 6.32. The van der Waals surface area contributed by atoms with Crippen molar-refractivity contribution in [3.05, 3.63) is 76.9 Å². The molecule has 3 aromatic rings. The summed E-state index contributed by atoms with van der Waals surface area (Å²) in [6.07, 6.45) is 5.18. The second-order valence-electron chi connectivity index (χ2n) is 6.54. The first-order valence-electron chi connectivity index (χ1n) is 9.51. The molecule has 0 radical (unpaired) electrons. The fourth-order valence-electron chi connectivity index (χ4n) is 3.03. The molecule has 0 aliphatic rings. The molecule has 2 heterocycles. The van der Waals surface area contributed by atoms with Gasteiger partial charge in [-0.2, -0.15) is 0 Å². The smallest absolute Gasteiger partial charge is 0.274 e. The average Bonchev–Trinajstić information content (AvgIpc) is 2.72. The zero-order valence-corrected chi connectivity index (χ0v) is 16.5. The van der Waals surface area contributed by atoms with Gasteiger partial charge in [-0.05, 0) is 54.7 Å². The Morgan fingerprint density at radius 2 is 1.68 bits per heavy atom. The van der Waals surface area contributed by atoms with Gasteiger partial charge in [0.1, 0.15) is 5.69 Å². The number of pyridine rings is 1. The number of benzene rings is 1. The number of nitrogens with zero attached hydrogens (tertiary/aromatic N) is 3. The van der Waals surface area contributed by atoms with Gasteiger partial charge in [0.05, 0.1) is 0 Å². The van der Waals surface area contributed by atoms with E-state index in [1.807, 2.05) is 37.3 Å². The normalized spacial score (nSPS) is 10.5. The topological polar surface area (TPSA) is 79.8 Å². The van der Waals surface area contributed by atoms with Gasteiger partial charge in [0.2, 0.25) is 5.95 Å². The standard InChI is InChI=1S/C22H25N5O/c1-4-17-7-6-8-18(5-2)20(17)27-21(28)19-13-15(3)25-22(26-19)24-14-16-9-11-23-12-10-16/h6-13H,4-5,14H2,1-3H3,(H,27,28)(H,24,25,26). The van der Waals surface area contributed by atoms with E-state index >= 15 is 0 Å². The lowest BCUT2D eigenvalue weighted by molar-refractivity contribution is 0.102. The summed E-state index contributed by atoms with van der Waals surface area (Å²) in [5.41, 5.74) is 5.27. The molecule has 144 valence electrons. The fraction of sp³-hybridized carbons (Fsp3) is 0.273. The van der Waals surface area contributed by atoms with Crippen molar-refractivity contribution in [1.82, 2.24) is 15.0 Å². The lowest BCUT2D eigenvalue weighted by atomic mass is 10.0. The minimum atomic E-state index is -0.229. The summed E-state index contributed by atoms with van der Waals surface area (Å²) in [7, 11) is 0. The van der Waals surface area contributed by atoms with Crippen molar-refractivity contribution in [1.29, 1.82) is 0 Å². The quantitative estimate of drug-likeness (QED) is 0.648. The van der Waals surface area contributed by atoms with E-state index in [0.717, 1.165) is 40.9 Å². The van der Waals surface area contributed by atoms with Gasteiger partial charge < -0.3 is 10.6 Å². The molecule has 0 saturated heterocycles. The summed E-state index contributed by atoms with van der Waals surface area (Å²) >= 11 is 0. The van der Waals surface area contributed by atoms with Crippen LogP contribution in [0.5, 0.6) is 0 Å². The number of carbonyl (C=O) groups excluding carboxylic acids is 1. The molecule has 3 rings (SSSR count). The van der Waals surface area contributed by atoms with E-state index in [-0.39, 0.29) is 5.91 Å². The summed E-state index contributed by atoms with van der Waals surface area (Å²) in [4.78, 5) is 25.7. The molecule has 0 unspecified atom stereocenters. The van der Waals surface area contributed by atoms with Crippen LogP contribution in [0.4, 0.5) is 11.6 Å². The van der Waals surface area contributed by atoms with Crippen LogP contribution < -0.4 is 10.6 Å². The zero-order chi connectivity index (χ0) is 19.9. The highest BCUT2D eigenvalue weighted by molar-refractivity contribution is 6.04. The Morgan fingerprint density at radius 3 is 2.32 bits per heavy atom. The number of anilines is 2. The van der Waals surface area contributed by atoms with E-state index in [1.54, 1.807) is 18.5 Å². The van der Waals surface area contributed by atoms with Gasteiger partial charge in [-0.3, -0.25) is 9.78 Å². The van der Waals surface area contributed by atoms with Gasteiger partial charge in [-0.15, -0.1) is 0 Å². The van der Waals surface area contributed by atoms with E-state index in [9.17, 15) is 4.79 Å². The van der Waals surface area contributed by atoms with Gasteiger partial charge in [0.25, 0.3) is 5.91 Å². The van der Waals surface area contributed by atoms with Crippen LogP contribution in [0.3, 0.4) is 0 Å². The van der Waals surface area contributed by atoms with E-state index in [1.165, 1.54) is 0 Å². The highest BCUT2D eigenvalue weighted by atomic mass is 16.1. The summed E-state index contributed by atoms with van der Waals surface area (Å²) < 4.78 is 0. The minimum absolute atomic E-state index is 0.229. The lowest BCUT2D eigenvalue weighted by Crippen LogP contribution is -2.18. The van der Waals surface area contributed by atoms with Crippen LogP contribution in [0.1, 0.15) is 46.7 Å². The van der Waals surface area contributed by atoms with E-state index in [0.29, 0.717) is 18.2 Å². The predicted octanol–water partition coefficient (Wildman–Crippen LogP) is 4.17. The van der Waals surface area contributed by atoms with Gasteiger partial charge in [0, 0.05) is 30.3 Å². The molecule has 1 amide bonds. The second kappa shape index (κ2) is 9.08. The largest absolute Gasteiger partial charge is 0.350 e. The number of hydrogen-bond donors (Lipinski definition) is 2. The van der Waals surface area contributed by atoms with Crippen molar-refractivity contribution in [2.75, 3.05) is 10.6 Å². The number of nitrogens with one attached hydrogen (secondary N) is 2. The van der Waals surface area contributed by atoms with Crippen molar-refractivity contribution in [3.8, 4) is 0 Å². The number of aryl methyl sites for hydroxylation is 3. The minimum Gasteiger partial charge on any atom is -0.350 e. The number of carbonyl (C=O) groups is 1. The van der Waals surface area contributed by atoms with Crippen LogP contribution in [0.25, 0.3) is 0 Å². The Hall–Kier alpha value is -3.28. The van der Waals surface area contributed by atoms with E-state index in [4.69, 9.17) is 0 Å². The maximum Gasteiger partial charge on any atom is 0.274 e. The van der Waals surface area contributed by atoms with Crippen molar-refractivity contribution in [3.63, 3.8) is 0 Å². The van der Waals surface area contributed by atoms with Crippen LogP contribution >= 0.6 is 0 Å². The van der Waals surface area contributed by atoms with Crippen molar-refractivity contribution >= 4 is 17.5 Å². The number of rotatable bonds is 7. The van der Waals surface area contributed by atoms with Crippen LogP contribution in [0.15, 0.2) is 48.8 Å².